The van der Waals surface area contributed by atoms with Gasteiger partial charge in [-0.1, -0.05) is 43.7 Å². The number of nitrogens with one attached hydrogen (secondary N) is 3. The van der Waals surface area contributed by atoms with Gasteiger partial charge in [0.25, 0.3) is 0 Å². The van der Waals surface area contributed by atoms with Crippen LogP contribution in [0.3, 0.4) is 0 Å². The van der Waals surface area contributed by atoms with Gasteiger partial charge in [0.1, 0.15) is 5.75 Å². The van der Waals surface area contributed by atoms with E-state index in [0.29, 0.717) is 24.8 Å². The van der Waals surface area contributed by atoms with Gasteiger partial charge < -0.3 is 20.7 Å². The lowest BCUT2D eigenvalue weighted by molar-refractivity contribution is 0.200. The highest BCUT2D eigenvalue weighted by Gasteiger charge is 2.05. The fourth-order valence-electron chi connectivity index (χ4n) is 2.52. The molecule has 2 rings (SSSR count). The summed E-state index contributed by atoms with van der Waals surface area (Å²) in [6, 6.07) is 14.9. The van der Waals surface area contributed by atoms with Crippen LogP contribution in [0.1, 0.15) is 43.7 Å². The zero-order valence-corrected chi connectivity index (χ0v) is 16.7. The van der Waals surface area contributed by atoms with Crippen LogP contribution in [0.5, 0.6) is 5.75 Å². The zero-order chi connectivity index (χ0) is 20.4. The average molecular weight is 383 g/mol. The summed E-state index contributed by atoms with van der Waals surface area (Å²) in [6.07, 6.45) is 1.03. The molecular weight excluding hydrogens is 354 g/mol. The molecule has 0 atom stereocenters. The molecule has 0 fully saturated rings. The number of carbonyl (C=O) groups is 2. The van der Waals surface area contributed by atoms with Gasteiger partial charge in [-0.2, -0.15) is 0 Å². The molecule has 0 aliphatic heterocycles. The lowest BCUT2D eigenvalue weighted by atomic mass is 10.0. The third-order valence-electron chi connectivity index (χ3n) is 4.23. The van der Waals surface area contributed by atoms with E-state index in [1.807, 2.05) is 43.3 Å². The van der Waals surface area contributed by atoms with Crippen molar-refractivity contribution in [1.29, 1.82) is 0 Å². The van der Waals surface area contributed by atoms with Gasteiger partial charge in [-0.25, -0.2) is 9.59 Å². The van der Waals surface area contributed by atoms with E-state index in [2.05, 4.69) is 29.8 Å². The number of unbranched alkanes of at least 4 members (excludes halogenated alkanes) is 1. The van der Waals surface area contributed by atoms with Crippen LogP contribution in [0.25, 0.3) is 0 Å². The Labute approximate surface area is 166 Å². The Kier molecular flexibility index (Phi) is 8.34. The minimum Gasteiger partial charge on any atom is -0.410 e. The number of ether oxygens (including phenoxy) is 1. The first-order valence-corrected chi connectivity index (χ1v) is 9.61. The highest BCUT2D eigenvalue weighted by molar-refractivity contribution is 5.89. The van der Waals surface area contributed by atoms with Gasteiger partial charge in [0, 0.05) is 18.8 Å². The molecule has 150 valence electrons. The van der Waals surface area contributed by atoms with E-state index >= 15 is 0 Å². The smallest absolute Gasteiger partial charge is 0.410 e. The number of hydrogen-bond donors (Lipinski definition) is 3. The van der Waals surface area contributed by atoms with Crippen molar-refractivity contribution in [3.63, 3.8) is 0 Å². The van der Waals surface area contributed by atoms with Crippen LogP contribution >= 0.6 is 0 Å². The van der Waals surface area contributed by atoms with Crippen LogP contribution in [0, 0.1) is 6.92 Å². The Morgan fingerprint density at radius 3 is 2.11 bits per heavy atom. The summed E-state index contributed by atoms with van der Waals surface area (Å²) in [7, 11) is 0. The fourth-order valence-corrected chi connectivity index (χ4v) is 2.52. The molecule has 2 aromatic carbocycles. The van der Waals surface area contributed by atoms with Crippen molar-refractivity contribution >= 4 is 17.8 Å². The lowest BCUT2D eigenvalue weighted by Gasteiger charge is -2.09. The van der Waals surface area contributed by atoms with Crippen LogP contribution < -0.4 is 20.7 Å². The molecule has 3 amide bonds. The number of benzene rings is 2. The van der Waals surface area contributed by atoms with Gasteiger partial charge in [0.05, 0.1) is 0 Å². The molecule has 6 nitrogen and oxygen atoms in total. The van der Waals surface area contributed by atoms with Crippen LogP contribution in [-0.4, -0.2) is 25.2 Å². The number of aryl methyl sites for hydroxylation is 1. The van der Waals surface area contributed by atoms with E-state index in [9.17, 15) is 9.59 Å². The summed E-state index contributed by atoms with van der Waals surface area (Å²) >= 11 is 0. The van der Waals surface area contributed by atoms with Gasteiger partial charge in [0.2, 0.25) is 0 Å². The topological polar surface area (TPSA) is 79.5 Å². The average Bonchev–Trinajstić information content (AvgIpc) is 2.67. The molecule has 0 radical (unpaired) electrons. The number of rotatable bonds is 8. The summed E-state index contributed by atoms with van der Waals surface area (Å²) < 4.78 is 5.24. The summed E-state index contributed by atoms with van der Waals surface area (Å²) in [5.41, 5.74) is 3.10. The Morgan fingerprint density at radius 1 is 0.893 bits per heavy atom. The molecule has 0 bridgehead atoms. The van der Waals surface area contributed by atoms with Crippen LogP contribution in [-0.2, 0) is 0 Å². The fraction of sp³-hybridized carbons (Fsp3) is 0.364. The monoisotopic (exact) mass is 383 g/mol. The Balaban J connectivity index is 1.55. The first-order valence-electron chi connectivity index (χ1n) is 9.61. The maximum Gasteiger partial charge on any atom is 0.412 e. The summed E-state index contributed by atoms with van der Waals surface area (Å²) in [5, 5.41) is 8.28. The van der Waals surface area contributed by atoms with Crippen LogP contribution in [0.4, 0.5) is 15.3 Å². The van der Waals surface area contributed by atoms with Crippen molar-refractivity contribution in [2.45, 2.75) is 39.5 Å². The van der Waals surface area contributed by atoms with Crippen molar-refractivity contribution in [3.05, 3.63) is 59.7 Å². The molecule has 28 heavy (non-hydrogen) atoms. The highest BCUT2D eigenvalue weighted by atomic mass is 16.6. The predicted octanol–water partition coefficient (Wildman–Crippen LogP) is 4.81. The summed E-state index contributed by atoms with van der Waals surface area (Å²) in [4.78, 5) is 23.6. The molecule has 3 N–H and O–H groups in total. The molecule has 0 aliphatic carbocycles. The first-order chi connectivity index (χ1) is 13.4. The number of urea groups is 1. The van der Waals surface area contributed by atoms with E-state index in [1.165, 1.54) is 5.56 Å². The summed E-state index contributed by atoms with van der Waals surface area (Å²) in [5.74, 6) is 0.965. The Hall–Kier alpha value is -3.02. The number of hydrogen-bond acceptors (Lipinski definition) is 3. The second-order valence-electron chi connectivity index (χ2n) is 6.99. The molecule has 0 aliphatic rings. The number of anilines is 1. The number of amides is 3. The molecule has 0 saturated heterocycles. The molecule has 6 heteroatoms. The van der Waals surface area contributed by atoms with E-state index in [1.54, 1.807) is 12.1 Å². The predicted molar refractivity (Wildman–Crippen MR) is 112 cm³/mol. The Bertz CT molecular complexity index is 756. The molecule has 0 saturated carbocycles. The molecule has 0 spiro atoms. The van der Waals surface area contributed by atoms with E-state index in [-0.39, 0.29) is 6.03 Å². The molecule has 0 heterocycles. The minimum absolute atomic E-state index is 0.235. The molecule has 0 aromatic heterocycles. The van der Waals surface area contributed by atoms with Gasteiger partial charge in [0.15, 0.2) is 0 Å². The Morgan fingerprint density at radius 2 is 1.50 bits per heavy atom. The van der Waals surface area contributed by atoms with Gasteiger partial charge in [-0.3, -0.25) is 0 Å². The summed E-state index contributed by atoms with van der Waals surface area (Å²) in [6.45, 7) is 7.25. The van der Waals surface area contributed by atoms with Crippen molar-refractivity contribution in [1.82, 2.24) is 10.6 Å². The second-order valence-corrected chi connectivity index (χ2v) is 6.99. The maximum absolute atomic E-state index is 11.8. The normalized spacial score (nSPS) is 10.4. The first kappa shape index (κ1) is 21.3. The molecule has 0 unspecified atom stereocenters. The van der Waals surface area contributed by atoms with Crippen molar-refractivity contribution in [2.75, 3.05) is 18.4 Å². The highest BCUT2D eigenvalue weighted by Crippen LogP contribution is 2.18. The van der Waals surface area contributed by atoms with Crippen molar-refractivity contribution < 1.29 is 14.3 Å². The lowest BCUT2D eigenvalue weighted by Crippen LogP contribution is -2.31. The van der Waals surface area contributed by atoms with Crippen molar-refractivity contribution in [2.24, 2.45) is 0 Å². The van der Waals surface area contributed by atoms with Gasteiger partial charge >= 0.3 is 12.1 Å². The van der Waals surface area contributed by atoms with Gasteiger partial charge in [-0.05, 0) is 55.5 Å². The standard InChI is InChI=1S/C22H29N3O3/c1-16(2)18-8-12-20(13-9-18)28-22(27)24-15-5-4-14-23-21(26)25-19-10-6-17(3)7-11-19/h6-13,16H,4-5,14-15H2,1-3H3,(H,24,27)(H2,23,25,26). The number of carbonyl (C=O) groups excluding carboxylic acids is 2. The van der Waals surface area contributed by atoms with E-state index < -0.39 is 6.09 Å². The van der Waals surface area contributed by atoms with E-state index in [4.69, 9.17) is 4.74 Å². The third kappa shape index (κ3) is 7.70. The second kappa shape index (κ2) is 11.0. The van der Waals surface area contributed by atoms with Gasteiger partial charge in [-0.15, -0.1) is 0 Å². The van der Waals surface area contributed by atoms with Crippen LogP contribution in [0.15, 0.2) is 48.5 Å². The largest absolute Gasteiger partial charge is 0.412 e. The van der Waals surface area contributed by atoms with Crippen molar-refractivity contribution in [3.8, 4) is 5.75 Å². The molecule has 2 aromatic rings. The zero-order valence-electron chi connectivity index (χ0n) is 16.7. The molecular formula is C22H29N3O3. The third-order valence-corrected chi connectivity index (χ3v) is 4.23. The maximum atomic E-state index is 11.8. The SMILES string of the molecule is Cc1ccc(NC(=O)NCCCCNC(=O)Oc2ccc(C(C)C)cc2)cc1. The van der Waals surface area contributed by atoms with Crippen LogP contribution in [0.2, 0.25) is 0 Å². The minimum atomic E-state index is -0.470. The quantitative estimate of drug-likeness (QED) is 0.572. The van der Waals surface area contributed by atoms with E-state index in [0.717, 1.165) is 24.1 Å².